The number of benzene rings is 1. The number of aryl methyl sites for hydroxylation is 1. The lowest BCUT2D eigenvalue weighted by atomic mass is 9.96. The largest absolute Gasteiger partial charge is 0.314 e. The summed E-state index contributed by atoms with van der Waals surface area (Å²) in [6, 6.07) is 6.12. The van der Waals surface area contributed by atoms with Gasteiger partial charge in [-0.25, -0.2) is 4.39 Å². The Balaban J connectivity index is 1.90. The number of hydrogen-bond acceptors (Lipinski definition) is 1. The molecule has 1 aliphatic carbocycles. The van der Waals surface area contributed by atoms with Crippen LogP contribution in [-0.2, 0) is 0 Å². The van der Waals surface area contributed by atoms with Crippen LogP contribution in [0.1, 0.15) is 43.2 Å². The summed E-state index contributed by atoms with van der Waals surface area (Å²) in [6.45, 7) is 5.11. The first-order chi connectivity index (χ1) is 7.66. The number of nitrogens with one attached hydrogen (secondary N) is 1. The van der Waals surface area contributed by atoms with Crippen molar-refractivity contribution >= 4 is 0 Å². The zero-order chi connectivity index (χ0) is 11.5. The fourth-order valence-corrected chi connectivity index (χ4v) is 1.99. The maximum absolute atomic E-state index is 13.6. The topological polar surface area (TPSA) is 12.0 Å². The molecule has 1 unspecified atom stereocenters. The average molecular weight is 221 g/mol. The maximum atomic E-state index is 13.6. The van der Waals surface area contributed by atoms with E-state index >= 15 is 0 Å². The molecule has 1 saturated carbocycles. The molecule has 2 heteroatoms. The van der Waals surface area contributed by atoms with E-state index in [2.05, 4.69) is 12.2 Å². The van der Waals surface area contributed by atoms with E-state index in [1.165, 1.54) is 12.8 Å². The summed E-state index contributed by atoms with van der Waals surface area (Å²) < 4.78 is 13.6. The van der Waals surface area contributed by atoms with Gasteiger partial charge in [0.05, 0.1) is 0 Å². The van der Waals surface area contributed by atoms with Crippen molar-refractivity contribution in [3.63, 3.8) is 0 Å². The second-order valence-corrected chi connectivity index (χ2v) is 4.94. The summed E-state index contributed by atoms with van der Waals surface area (Å²) >= 11 is 0. The van der Waals surface area contributed by atoms with E-state index in [9.17, 15) is 4.39 Å². The lowest BCUT2D eigenvalue weighted by molar-refractivity contribution is 0.550. The summed E-state index contributed by atoms with van der Waals surface area (Å²) in [4.78, 5) is 0. The SMILES string of the molecule is Cc1ccc(F)c(C(C)CCNC2CC2)c1. The molecule has 0 bridgehead atoms. The van der Waals surface area contributed by atoms with Crippen molar-refractivity contribution in [1.82, 2.24) is 5.32 Å². The molecule has 1 N–H and O–H groups in total. The van der Waals surface area contributed by atoms with Gasteiger partial charge in [0.15, 0.2) is 0 Å². The summed E-state index contributed by atoms with van der Waals surface area (Å²) in [7, 11) is 0. The highest BCUT2D eigenvalue weighted by Crippen LogP contribution is 2.24. The second kappa shape index (κ2) is 4.96. The van der Waals surface area contributed by atoms with E-state index in [0.717, 1.165) is 30.1 Å². The van der Waals surface area contributed by atoms with Crippen LogP contribution in [0, 0.1) is 12.7 Å². The van der Waals surface area contributed by atoms with Crippen LogP contribution in [-0.4, -0.2) is 12.6 Å². The lowest BCUT2D eigenvalue weighted by Crippen LogP contribution is -2.19. The molecule has 88 valence electrons. The molecule has 1 nitrogen and oxygen atoms in total. The first-order valence-electron chi connectivity index (χ1n) is 6.16. The highest BCUT2D eigenvalue weighted by molar-refractivity contribution is 5.26. The fraction of sp³-hybridized carbons (Fsp3) is 0.571. The third kappa shape index (κ3) is 3.05. The Morgan fingerprint density at radius 2 is 2.19 bits per heavy atom. The van der Waals surface area contributed by atoms with Gasteiger partial charge in [-0.2, -0.15) is 0 Å². The number of rotatable bonds is 5. The third-order valence-electron chi connectivity index (χ3n) is 3.27. The van der Waals surface area contributed by atoms with Crippen molar-refractivity contribution in [2.45, 2.75) is 45.1 Å². The van der Waals surface area contributed by atoms with Crippen molar-refractivity contribution in [3.8, 4) is 0 Å². The van der Waals surface area contributed by atoms with Crippen LogP contribution in [0.5, 0.6) is 0 Å². The molecule has 1 aliphatic rings. The zero-order valence-electron chi connectivity index (χ0n) is 10.1. The van der Waals surface area contributed by atoms with Gasteiger partial charge >= 0.3 is 0 Å². The predicted molar refractivity (Wildman–Crippen MR) is 65.2 cm³/mol. The Morgan fingerprint density at radius 1 is 1.44 bits per heavy atom. The monoisotopic (exact) mass is 221 g/mol. The molecule has 0 radical (unpaired) electrons. The van der Waals surface area contributed by atoms with Gasteiger partial charge in [-0.3, -0.25) is 0 Å². The minimum absolute atomic E-state index is 0.0653. The molecule has 0 amide bonds. The van der Waals surface area contributed by atoms with Crippen molar-refractivity contribution in [2.75, 3.05) is 6.54 Å². The van der Waals surface area contributed by atoms with Crippen LogP contribution in [0.3, 0.4) is 0 Å². The van der Waals surface area contributed by atoms with Crippen LogP contribution in [0.15, 0.2) is 18.2 Å². The minimum atomic E-state index is -0.0653. The molecule has 1 aromatic rings. The molecule has 0 aromatic heterocycles. The molecule has 0 aliphatic heterocycles. The molecule has 2 rings (SSSR count). The summed E-state index contributed by atoms with van der Waals surface area (Å²) in [5.74, 6) is 0.232. The second-order valence-electron chi connectivity index (χ2n) is 4.94. The van der Waals surface area contributed by atoms with Crippen LogP contribution in [0.4, 0.5) is 4.39 Å². The van der Waals surface area contributed by atoms with E-state index in [1.807, 2.05) is 19.1 Å². The van der Waals surface area contributed by atoms with E-state index in [-0.39, 0.29) is 5.82 Å². The van der Waals surface area contributed by atoms with Gasteiger partial charge in [0.25, 0.3) is 0 Å². The molecule has 0 heterocycles. The molecular formula is C14H20FN. The van der Waals surface area contributed by atoms with Crippen LogP contribution in [0.25, 0.3) is 0 Å². The van der Waals surface area contributed by atoms with E-state index in [1.54, 1.807) is 6.07 Å². The number of hydrogen-bond donors (Lipinski definition) is 1. The van der Waals surface area contributed by atoms with Crippen molar-refractivity contribution in [3.05, 3.63) is 35.1 Å². The van der Waals surface area contributed by atoms with E-state index in [0.29, 0.717) is 5.92 Å². The van der Waals surface area contributed by atoms with Gasteiger partial charge in [0.2, 0.25) is 0 Å². The lowest BCUT2D eigenvalue weighted by Gasteiger charge is -2.14. The number of halogens is 1. The fourth-order valence-electron chi connectivity index (χ4n) is 1.99. The van der Waals surface area contributed by atoms with Gasteiger partial charge < -0.3 is 5.32 Å². The summed E-state index contributed by atoms with van der Waals surface area (Å²) in [5.41, 5.74) is 2.00. The van der Waals surface area contributed by atoms with Gasteiger partial charge in [0.1, 0.15) is 5.82 Å². The van der Waals surface area contributed by atoms with Gasteiger partial charge in [-0.1, -0.05) is 24.6 Å². The average Bonchev–Trinajstić information content (AvgIpc) is 3.05. The Kier molecular flexibility index (Phi) is 3.59. The highest BCUT2D eigenvalue weighted by Gasteiger charge is 2.20. The summed E-state index contributed by atoms with van der Waals surface area (Å²) in [5, 5.41) is 3.47. The third-order valence-corrected chi connectivity index (χ3v) is 3.27. The molecular weight excluding hydrogens is 201 g/mol. The van der Waals surface area contributed by atoms with Crippen molar-refractivity contribution in [2.24, 2.45) is 0 Å². The van der Waals surface area contributed by atoms with Gasteiger partial charge in [0, 0.05) is 6.04 Å². The van der Waals surface area contributed by atoms with Crippen LogP contribution in [0.2, 0.25) is 0 Å². The molecule has 1 aromatic carbocycles. The summed E-state index contributed by atoms with van der Waals surface area (Å²) in [6.07, 6.45) is 3.64. The highest BCUT2D eigenvalue weighted by atomic mass is 19.1. The van der Waals surface area contributed by atoms with E-state index < -0.39 is 0 Å². The smallest absolute Gasteiger partial charge is 0.126 e. The quantitative estimate of drug-likeness (QED) is 0.803. The van der Waals surface area contributed by atoms with Crippen LogP contribution >= 0.6 is 0 Å². The molecule has 1 fully saturated rings. The Hall–Kier alpha value is -0.890. The first kappa shape index (κ1) is 11.6. The normalized spacial score (nSPS) is 17.4. The Labute approximate surface area is 97.1 Å². The van der Waals surface area contributed by atoms with Crippen molar-refractivity contribution in [1.29, 1.82) is 0 Å². The predicted octanol–water partition coefficient (Wildman–Crippen LogP) is 3.38. The minimum Gasteiger partial charge on any atom is -0.314 e. The zero-order valence-corrected chi connectivity index (χ0v) is 10.1. The molecule has 0 spiro atoms. The molecule has 1 atom stereocenters. The Bertz CT molecular complexity index is 358. The standard InChI is InChI=1S/C14H20FN/c1-10-3-6-14(15)13(9-10)11(2)7-8-16-12-4-5-12/h3,6,9,11-12,16H,4-5,7-8H2,1-2H3. The maximum Gasteiger partial charge on any atom is 0.126 e. The Morgan fingerprint density at radius 3 is 2.88 bits per heavy atom. The molecule has 16 heavy (non-hydrogen) atoms. The van der Waals surface area contributed by atoms with Crippen LogP contribution < -0.4 is 5.32 Å². The van der Waals surface area contributed by atoms with Gasteiger partial charge in [-0.05, 0) is 50.3 Å². The van der Waals surface area contributed by atoms with Gasteiger partial charge in [-0.15, -0.1) is 0 Å². The van der Waals surface area contributed by atoms with Crippen molar-refractivity contribution < 1.29 is 4.39 Å². The first-order valence-corrected chi connectivity index (χ1v) is 6.16. The molecule has 0 saturated heterocycles. The van der Waals surface area contributed by atoms with E-state index in [4.69, 9.17) is 0 Å².